The van der Waals surface area contributed by atoms with Crippen molar-refractivity contribution in [3.8, 4) is 0 Å². The molecule has 2 aliphatic heterocycles. The van der Waals surface area contributed by atoms with Gasteiger partial charge in [-0.2, -0.15) is 0 Å². The molecule has 4 atom stereocenters. The second kappa shape index (κ2) is 5.70. The molecule has 2 saturated heterocycles. The Hall–Kier alpha value is -2.22. The van der Waals surface area contributed by atoms with E-state index in [0.29, 0.717) is 0 Å². The minimum absolute atomic E-state index is 0.107. The molecule has 1 aromatic carbocycles. The first kappa shape index (κ1) is 16.6. The van der Waals surface area contributed by atoms with E-state index in [1.54, 1.807) is 26.0 Å². The Morgan fingerprint density at radius 1 is 1.29 bits per heavy atom. The minimum Gasteiger partial charge on any atom is -0.480 e. The van der Waals surface area contributed by atoms with Crippen LogP contribution in [0, 0.1) is 0 Å². The van der Waals surface area contributed by atoms with E-state index in [1.807, 2.05) is 18.2 Å². The van der Waals surface area contributed by atoms with Gasteiger partial charge in [0.1, 0.15) is 17.5 Å². The summed E-state index contributed by atoms with van der Waals surface area (Å²) in [6.45, 7) is 3.13. The topological polar surface area (TPSA) is 104 Å². The number of benzene rings is 1. The maximum Gasteiger partial charge on any atom is 0.328 e. The monoisotopic (exact) mass is 350 g/mol. The number of β-lactam (4-membered cyclic amide) rings is 1. The van der Waals surface area contributed by atoms with E-state index in [-0.39, 0.29) is 12.3 Å². The SMILES string of the molecule is CC1(C)[C@@H](C(=O)O)N2C(=O)[C@@H](NC(=O)Cc3ccccc3)[C@H]2[S@@]1=O. The predicted octanol–water partition coefficient (Wildman–Crippen LogP) is -0.124. The van der Waals surface area contributed by atoms with E-state index in [4.69, 9.17) is 0 Å². The highest BCUT2D eigenvalue weighted by Gasteiger charge is 2.68. The predicted molar refractivity (Wildman–Crippen MR) is 86.4 cm³/mol. The van der Waals surface area contributed by atoms with Crippen LogP contribution >= 0.6 is 0 Å². The van der Waals surface area contributed by atoms with Crippen LogP contribution in [0.1, 0.15) is 19.4 Å². The molecule has 2 fully saturated rings. The number of carbonyl (C=O) groups excluding carboxylic acids is 2. The van der Waals surface area contributed by atoms with Crippen LogP contribution in [0.2, 0.25) is 0 Å². The lowest BCUT2D eigenvalue weighted by Crippen LogP contribution is -2.71. The smallest absolute Gasteiger partial charge is 0.328 e. The molecule has 0 unspecified atom stereocenters. The first-order chi connectivity index (χ1) is 11.2. The second-order valence-electron chi connectivity index (χ2n) is 6.49. The molecule has 0 saturated carbocycles. The van der Waals surface area contributed by atoms with Gasteiger partial charge in [-0.3, -0.25) is 13.8 Å². The van der Waals surface area contributed by atoms with Gasteiger partial charge in [-0.15, -0.1) is 0 Å². The Balaban J connectivity index is 1.74. The molecular formula is C16H18N2O5S. The summed E-state index contributed by atoms with van der Waals surface area (Å²) in [5.74, 6) is -2.03. The van der Waals surface area contributed by atoms with Crippen molar-refractivity contribution in [1.82, 2.24) is 10.2 Å². The van der Waals surface area contributed by atoms with E-state index in [2.05, 4.69) is 5.32 Å². The Labute approximate surface area is 141 Å². The molecule has 0 radical (unpaired) electrons. The van der Waals surface area contributed by atoms with E-state index in [1.165, 1.54) is 0 Å². The van der Waals surface area contributed by atoms with E-state index >= 15 is 0 Å². The molecule has 0 aromatic heterocycles. The van der Waals surface area contributed by atoms with Crippen LogP contribution in [-0.4, -0.2) is 54.2 Å². The van der Waals surface area contributed by atoms with Crippen molar-refractivity contribution in [3.63, 3.8) is 0 Å². The first-order valence-corrected chi connectivity index (χ1v) is 8.75. The molecule has 2 aliphatic rings. The van der Waals surface area contributed by atoms with Crippen LogP contribution < -0.4 is 5.32 Å². The molecule has 0 bridgehead atoms. The van der Waals surface area contributed by atoms with Crippen LogP contribution in [0.3, 0.4) is 0 Å². The van der Waals surface area contributed by atoms with Gasteiger partial charge in [0.05, 0.1) is 22.0 Å². The van der Waals surface area contributed by atoms with Crippen molar-refractivity contribution < 1.29 is 23.7 Å². The third-order valence-corrected chi connectivity index (χ3v) is 6.71. The number of carbonyl (C=O) groups is 3. The maximum atomic E-state index is 12.6. The number of amides is 2. The van der Waals surface area contributed by atoms with Crippen molar-refractivity contribution in [2.75, 3.05) is 0 Å². The number of rotatable bonds is 4. The standard InChI is InChI=1S/C16H18N2O5S/c1-16(2)12(15(21)22)18-13(20)11(14(18)24(16)23)17-10(19)8-9-6-4-3-5-7-9/h3-7,11-12,14H,8H2,1-2H3,(H,17,19)(H,21,22)/t11-,12-,14-,24+/m1/s1. The van der Waals surface area contributed by atoms with Gasteiger partial charge in [0.2, 0.25) is 11.8 Å². The zero-order chi connectivity index (χ0) is 17.6. The summed E-state index contributed by atoms with van der Waals surface area (Å²) >= 11 is 0. The highest BCUT2D eigenvalue weighted by Crippen LogP contribution is 2.43. The van der Waals surface area contributed by atoms with Crippen LogP contribution in [0.4, 0.5) is 0 Å². The first-order valence-electron chi connectivity index (χ1n) is 7.54. The number of aliphatic carboxylic acids is 1. The third-order valence-electron chi connectivity index (χ3n) is 4.51. The van der Waals surface area contributed by atoms with Gasteiger partial charge in [0, 0.05) is 0 Å². The molecule has 3 rings (SSSR count). The minimum atomic E-state index is -1.58. The van der Waals surface area contributed by atoms with E-state index < -0.39 is 44.9 Å². The number of nitrogens with one attached hydrogen (secondary N) is 1. The normalized spacial score (nSPS) is 30.4. The number of nitrogens with zero attached hydrogens (tertiary/aromatic N) is 1. The number of fused-ring (bicyclic) bond motifs is 1. The molecule has 7 nitrogen and oxygen atoms in total. The van der Waals surface area contributed by atoms with Gasteiger partial charge < -0.3 is 15.3 Å². The number of carboxylic acids is 1. The van der Waals surface area contributed by atoms with Crippen LogP contribution in [-0.2, 0) is 31.6 Å². The largest absolute Gasteiger partial charge is 0.480 e. The zero-order valence-electron chi connectivity index (χ0n) is 13.3. The molecule has 2 amide bonds. The molecule has 128 valence electrons. The molecule has 1 aromatic rings. The van der Waals surface area contributed by atoms with E-state index in [9.17, 15) is 23.7 Å². The highest BCUT2D eigenvalue weighted by molar-refractivity contribution is 7.87. The molecule has 2 N–H and O–H groups in total. The fourth-order valence-corrected chi connectivity index (χ4v) is 5.22. The Morgan fingerprint density at radius 2 is 1.92 bits per heavy atom. The summed E-state index contributed by atoms with van der Waals surface area (Å²) in [7, 11) is -1.58. The summed E-state index contributed by atoms with van der Waals surface area (Å²) in [5, 5.41) is 11.2. The van der Waals surface area contributed by atoms with Gasteiger partial charge in [-0.25, -0.2) is 4.79 Å². The summed E-state index contributed by atoms with van der Waals surface area (Å²) in [6, 6.07) is 6.99. The van der Waals surface area contributed by atoms with Crippen molar-refractivity contribution in [3.05, 3.63) is 35.9 Å². The average Bonchev–Trinajstić information content (AvgIpc) is 2.71. The molecular weight excluding hydrogens is 332 g/mol. The van der Waals surface area contributed by atoms with Crippen molar-refractivity contribution in [1.29, 1.82) is 0 Å². The Morgan fingerprint density at radius 3 is 2.50 bits per heavy atom. The number of hydrogen-bond donors (Lipinski definition) is 2. The number of hydrogen-bond acceptors (Lipinski definition) is 4. The maximum absolute atomic E-state index is 12.6. The zero-order valence-corrected chi connectivity index (χ0v) is 14.1. The lowest BCUT2D eigenvalue weighted by molar-refractivity contribution is -0.161. The summed E-state index contributed by atoms with van der Waals surface area (Å²) in [5.41, 5.74) is 0.801. The average molecular weight is 350 g/mol. The van der Waals surface area contributed by atoms with Gasteiger partial charge in [-0.05, 0) is 19.4 Å². The summed E-state index contributed by atoms with van der Waals surface area (Å²) in [4.78, 5) is 37.0. The summed E-state index contributed by atoms with van der Waals surface area (Å²) in [6.07, 6.45) is 0.107. The van der Waals surface area contributed by atoms with Crippen LogP contribution in [0.15, 0.2) is 30.3 Å². The fourth-order valence-electron chi connectivity index (χ4n) is 3.30. The van der Waals surface area contributed by atoms with Crippen LogP contribution in [0.5, 0.6) is 0 Å². The molecule has 0 spiro atoms. The lowest BCUT2D eigenvalue weighted by Gasteiger charge is -2.43. The Kier molecular flexibility index (Phi) is 3.95. The fraction of sp³-hybridized carbons (Fsp3) is 0.438. The molecule has 8 heteroatoms. The van der Waals surface area contributed by atoms with Crippen molar-refractivity contribution in [2.24, 2.45) is 0 Å². The summed E-state index contributed by atoms with van der Waals surface area (Å²) < 4.78 is 11.5. The van der Waals surface area contributed by atoms with Crippen LogP contribution in [0.25, 0.3) is 0 Å². The third kappa shape index (κ3) is 2.41. The van der Waals surface area contributed by atoms with Gasteiger partial charge in [0.25, 0.3) is 0 Å². The molecule has 0 aliphatic carbocycles. The Bertz CT molecular complexity index is 733. The van der Waals surface area contributed by atoms with Crippen molar-refractivity contribution >= 4 is 28.6 Å². The van der Waals surface area contributed by atoms with Gasteiger partial charge >= 0.3 is 5.97 Å². The molecule has 2 heterocycles. The van der Waals surface area contributed by atoms with Crippen molar-refractivity contribution in [2.45, 2.75) is 42.5 Å². The van der Waals surface area contributed by atoms with Gasteiger partial charge in [0.15, 0.2) is 0 Å². The number of carboxylic acid groups (broad SMARTS) is 1. The van der Waals surface area contributed by atoms with Gasteiger partial charge in [-0.1, -0.05) is 30.3 Å². The van der Waals surface area contributed by atoms with E-state index in [0.717, 1.165) is 10.5 Å². The second-order valence-corrected chi connectivity index (χ2v) is 8.62. The highest BCUT2D eigenvalue weighted by atomic mass is 32.2. The lowest BCUT2D eigenvalue weighted by atomic mass is 9.96. The quantitative estimate of drug-likeness (QED) is 0.737. The molecule has 24 heavy (non-hydrogen) atoms.